The maximum atomic E-state index is 11.7. The van der Waals surface area contributed by atoms with E-state index in [4.69, 9.17) is 21.1 Å². The molecule has 1 aromatic carbocycles. The topological polar surface area (TPSA) is 91.6 Å². The zero-order valence-corrected chi connectivity index (χ0v) is 12.9. The van der Waals surface area contributed by atoms with Crippen LogP contribution in [0.1, 0.15) is 16.3 Å². The van der Waals surface area contributed by atoms with Gasteiger partial charge in [-0.15, -0.1) is 0 Å². The van der Waals surface area contributed by atoms with E-state index in [9.17, 15) is 9.59 Å². The van der Waals surface area contributed by atoms with Crippen LogP contribution < -0.4 is 10.6 Å². The normalized spacial score (nSPS) is 10.2. The van der Waals surface area contributed by atoms with E-state index >= 15 is 0 Å². The van der Waals surface area contributed by atoms with Gasteiger partial charge < -0.3 is 20.2 Å². The predicted octanol–water partition coefficient (Wildman–Crippen LogP) is 3.72. The molecule has 2 rings (SSSR count). The molecule has 0 atom stereocenters. The molecule has 1 aromatic heterocycles. The van der Waals surface area contributed by atoms with E-state index in [0.717, 1.165) is 4.47 Å². The van der Waals surface area contributed by atoms with Crippen molar-refractivity contribution in [3.05, 3.63) is 51.3 Å². The van der Waals surface area contributed by atoms with Gasteiger partial charge in [-0.2, -0.15) is 0 Å². The Morgan fingerprint density at radius 2 is 2.05 bits per heavy atom. The average molecular weight is 374 g/mol. The van der Waals surface area contributed by atoms with Gasteiger partial charge in [0.15, 0.2) is 0 Å². The van der Waals surface area contributed by atoms with Gasteiger partial charge in [0.25, 0.3) is 0 Å². The van der Waals surface area contributed by atoms with E-state index in [1.54, 1.807) is 18.2 Å². The van der Waals surface area contributed by atoms with Crippen LogP contribution in [0.15, 0.2) is 39.2 Å². The van der Waals surface area contributed by atoms with Crippen LogP contribution in [0.5, 0.6) is 0 Å². The van der Waals surface area contributed by atoms with E-state index in [1.807, 2.05) is 0 Å². The smallest absolute Gasteiger partial charge is 0.371 e. The summed E-state index contributed by atoms with van der Waals surface area (Å²) in [5.41, 5.74) is 0.461. The van der Waals surface area contributed by atoms with E-state index in [2.05, 4.69) is 26.6 Å². The highest BCUT2D eigenvalue weighted by atomic mass is 79.9. The lowest BCUT2D eigenvalue weighted by Crippen LogP contribution is -2.28. The lowest BCUT2D eigenvalue weighted by Gasteiger charge is -2.08. The molecule has 1 heterocycles. The summed E-state index contributed by atoms with van der Waals surface area (Å²) < 4.78 is 5.81. The molecule has 0 aliphatic carbocycles. The van der Waals surface area contributed by atoms with E-state index in [-0.39, 0.29) is 12.3 Å². The number of urea groups is 1. The van der Waals surface area contributed by atoms with Crippen molar-refractivity contribution in [3.8, 4) is 0 Å². The summed E-state index contributed by atoms with van der Waals surface area (Å²) in [4.78, 5) is 22.4. The number of hydrogen-bond donors (Lipinski definition) is 3. The molecule has 3 N–H and O–H groups in total. The molecule has 0 aliphatic heterocycles. The molecule has 0 aliphatic rings. The quantitative estimate of drug-likeness (QED) is 0.762. The van der Waals surface area contributed by atoms with Crippen molar-refractivity contribution in [2.45, 2.75) is 6.54 Å². The van der Waals surface area contributed by atoms with Gasteiger partial charge in [0.05, 0.1) is 17.3 Å². The van der Waals surface area contributed by atoms with Crippen LogP contribution in [0.25, 0.3) is 0 Å². The number of carboxylic acid groups (broad SMARTS) is 1. The average Bonchev–Trinajstić information content (AvgIpc) is 2.89. The number of halogens is 2. The second-order valence-electron chi connectivity index (χ2n) is 4.00. The molecule has 2 aromatic rings. The highest BCUT2D eigenvalue weighted by molar-refractivity contribution is 9.10. The molecule has 0 saturated heterocycles. The Kier molecular flexibility index (Phi) is 4.87. The fourth-order valence-corrected chi connectivity index (χ4v) is 2.23. The molecular weight excluding hydrogens is 364 g/mol. The van der Waals surface area contributed by atoms with E-state index < -0.39 is 12.0 Å². The summed E-state index contributed by atoms with van der Waals surface area (Å²) in [5.74, 6) is -1.00. The van der Waals surface area contributed by atoms with Crippen molar-refractivity contribution < 1.29 is 19.1 Å². The Bertz CT molecular complexity index is 687. The van der Waals surface area contributed by atoms with Crippen molar-refractivity contribution in [1.29, 1.82) is 0 Å². The molecule has 8 heteroatoms. The molecular formula is C13H10BrClN2O4. The monoisotopic (exact) mass is 372 g/mol. The minimum Gasteiger partial charge on any atom is -0.475 e. The molecule has 0 bridgehead atoms. The van der Waals surface area contributed by atoms with Crippen LogP contribution in [-0.4, -0.2) is 17.1 Å². The van der Waals surface area contributed by atoms with Crippen LogP contribution in [0.4, 0.5) is 10.5 Å². The van der Waals surface area contributed by atoms with Crippen molar-refractivity contribution in [2.24, 2.45) is 0 Å². The fraction of sp³-hybridized carbons (Fsp3) is 0.0769. The standard InChI is InChI=1S/C13H10BrClN2O4/c14-7-1-3-10(9(15)5-7)17-13(20)16-6-8-2-4-11(21-8)12(18)19/h1-5H,6H2,(H,18,19)(H2,16,17,20). The Balaban J connectivity index is 1.91. The third-order valence-corrected chi connectivity index (χ3v) is 3.28. The first kappa shape index (κ1) is 15.4. The molecule has 0 saturated carbocycles. The molecule has 110 valence electrons. The van der Waals surface area contributed by atoms with Gasteiger partial charge in [-0.1, -0.05) is 27.5 Å². The summed E-state index contributed by atoms with van der Waals surface area (Å²) in [7, 11) is 0. The molecule has 2 amide bonds. The van der Waals surface area contributed by atoms with Gasteiger partial charge in [-0.3, -0.25) is 0 Å². The maximum Gasteiger partial charge on any atom is 0.371 e. The number of hydrogen-bond acceptors (Lipinski definition) is 3. The summed E-state index contributed by atoms with van der Waals surface area (Å²) in [6.45, 7) is 0.0628. The molecule has 0 radical (unpaired) electrons. The number of carbonyl (C=O) groups is 2. The van der Waals surface area contributed by atoms with Gasteiger partial charge in [-0.05, 0) is 30.3 Å². The van der Waals surface area contributed by atoms with Crippen molar-refractivity contribution in [1.82, 2.24) is 5.32 Å². The van der Waals surface area contributed by atoms with Gasteiger partial charge in [0.1, 0.15) is 5.76 Å². The van der Waals surface area contributed by atoms with Crippen molar-refractivity contribution >= 4 is 45.2 Å². The molecule has 0 spiro atoms. The maximum absolute atomic E-state index is 11.7. The van der Waals surface area contributed by atoms with Crippen LogP contribution in [0.2, 0.25) is 5.02 Å². The highest BCUT2D eigenvalue weighted by Gasteiger charge is 2.10. The lowest BCUT2D eigenvalue weighted by molar-refractivity contribution is 0.0660. The van der Waals surface area contributed by atoms with Crippen LogP contribution in [0, 0.1) is 0 Å². The number of carbonyl (C=O) groups excluding carboxylic acids is 1. The second-order valence-corrected chi connectivity index (χ2v) is 5.33. The largest absolute Gasteiger partial charge is 0.475 e. The summed E-state index contributed by atoms with van der Waals surface area (Å²) in [6, 6.07) is 7.38. The SMILES string of the molecule is O=C(NCc1ccc(C(=O)O)o1)Nc1ccc(Br)cc1Cl. The predicted molar refractivity (Wildman–Crippen MR) is 80.7 cm³/mol. The number of furan rings is 1. The Morgan fingerprint density at radius 3 is 2.67 bits per heavy atom. The number of nitrogens with one attached hydrogen (secondary N) is 2. The van der Waals surface area contributed by atoms with E-state index in [0.29, 0.717) is 16.5 Å². The number of anilines is 1. The first-order valence-electron chi connectivity index (χ1n) is 5.77. The summed E-state index contributed by atoms with van der Waals surface area (Å²) >= 11 is 9.24. The molecule has 21 heavy (non-hydrogen) atoms. The fourth-order valence-electron chi connectivity index (χ4n) is 1.51. The van der Waals surface area contributed by atoms with Crippen molar-refractivity contribution in [3.63, 3.8) is 0 Å². The highest BCUT2D eigenvalue weighted by Crippen LogP contribution is 2.25. The third-order valence-electron chi connectivity index (χ3n) is 2.47. The van der Waals surface area contributed by atoms with Crippen molar-refractivity contribution in [2.75, 3.05) is 5.32 Å². The van der Waals surface area contributed by atoms with Crippen LogP contribution in [0.3, 0.4) is 0 Å². The number of amides is 2. The lowest BCUT2D eigenvalue weighted by atomic mass is 10.3. The minimum atomic E-state index is -1.16. The van der Waals surface area contributed by atoms with Gasteiger partial charge >= 0.3 is 12.0 Å². The van der Waals surface area contributed by atoms with Crippen LogP contribution >= 0.6 is 27.5 Å². The summed E-state index contributed by atoms with van der Waals surface area (Å²) in [5, 5.41) is 14.2. The van der Waals surface area contributed by atoms with Crippen LogP contribution in [-0.2, 0) is 6.54 Å². The third kappa shape index (κ3) is 4.24. The Hall–Kier alpha value is -1.99. The second kappa shape index (κ2) is 6.64. The molecule has 0 unspecified atom stereocenters. The number of rotatable bonds is 4. The molecule has 6 nitrogen and oxygen atoms in total. The zero-order valence-electron chi connectivity index (χ0n) is 10.5. The van der Waals surface area contributed by atoms with Gasteiger partial charge in [0, 0.05) is 4.47 Å². The first-order valence-corrected chi connectivity index (χ1v) is 6.94. The minimum absolute atomic E-state index is 0.0628. The number of carboxylic acids is 1. The Labute approximate surface area is 133 Å². The first-order chi connectivity index (χ1) is 9.95. The van der Waals surface area contributed by atoms with Gasteiger partial charge in [-0.25, -0.2) is 9.59 Å². The number of benzene rings is 1. The zero-order chi connectivity index (χ0) is 15.4. The molecule has 0 fully saturated rings. The van der Waals surface area contributed by atoms with Gasteiger partial charge in [0.2, 0.25) is 5.76 Å². The number of aromatic carboxylic acids is 1. The Morgan fingerprint density at radius 1 is 1.29 bits per heavy atom. The summed E-state index contributed by atoms with van der Waals surface area (Å²) in [6.07, 6.45) is 0. The van der Waals surface area contributed by atoms with E-state index in [1.165, 1.54) is 12.1 Å².